The molecule has 0 atom stereocenters. The molecule has 0 aliphatic carbocycles. The zero-order valence-corrected chi connectivity index (χ0v) is 15.1. The van der Waals surface area contributed by atoms with Crippen molar-refractivity contribution in [2.24, 2.45) is 5.73 Å². The van der Waals surface area contributed by atoms with Crippen LogP contribution in [0.1, 0.15) is 27.3 Å². The smallest absolute Gasteiger partial charge is 0.248 e. The molecule has 0 aliphatic heterocycles. The highest BCUT2D eigenvalue weighted by atomic mass is 16.1. The normalized spacial score (nSPS) is 10.9. The van der Waals surface area contributed by atoms with E-state index in [0.717, 1.165) is 22.6 Å². The first-order valence-corrected chi connectivity index (χ1v) is 8.46. The van der Waals surface area contributed by atoms with E-state index in [2.05, 4.69) is 10.4 Å². The Labute approximate surface area is 157 Å². The van der Waals surface area contributed by atoms with Crippen molar-refractivity contribution in [3.05, 3.63) is 83.2 Å². The van der Waals surface area contributed by atoms with Gasteiger partial charge in [-0.2, -0.15) is 5.10 Å². The van der Waals surface area contributed by atoms with Gasteiger partial charge in [0.1, 0.15) is 0 Å². The number of nitrogens with zero attached hydrogens (tertiary/aromatic N) is 2. The highest BCUT2D eigenvalue weighted by Crippen LogP contribution is 2.19. The number of rotatable bonds is 5. The molecule has 0 fully saturated rings. The van der Waals surface area contributed by atoms with Crippen LogP contribution in [-0.2, 0) is 4.79 Å². The molecule has 0 saturated carbocycles. The van der Waals surface area contributed by atoms with Gasteiger partial charge >= 0.3 is 0 Å². The molecule has 0 bridgehead atoms. The molecule has 6 nitrogen and oxygen atoms in total. The van der Waals surface area contributed by atoms with Gasteiger partial charge in [-0.1, -0.05) is 18.2 Å². The van der Waals surface area contributed by atoms with E-state index in [0.29, 0.717) is 11.3 Å². The average Bonchev–Trinajstić information content (AvgIpc) is 2.95. The molecule has 0 radical (unpaired) electrons. The molecule has 6 heteroatoms. The molecule has 0 saturated heterocycles. The van der Waals surface area contributed by atoms with Crippen molar-refractivity contribution in [1.82, 2.24) is 9.78 Å². The topological polar surface area (TPSA) is 90.0 Å². The van der Waals surface area contributed by atoms with E-state index in [4.69, 9.17) is 5.73 Å². The minimum Gasteiger partial charge on any atom is -0.366 e. The van der Waals surface area contributed by atoms with Gasteiger partial charge in [-0.15, -0.1) is 0 Å². The van der Waals surface area contributed by atoms with Crippen LogP contribution in [0.15, 0.2) is 60.7 Å². The van der Waals surface area contributed by atoms with Gasteiger partial charge in [-0.3, -0.25) is 9.59 Å². The fourth-order valence-corrected chi connectivity index (χ4v) is 2.78. The Morgan fingerprint density at radius 2 is 1.70 bits per heavy atom. The Balaban J connectivity index is 1.75. The lowest BCUT2D eigenvalue weighted by Gasteiger charge is -2.04. The minimum atomic E-state index is -0.505. The third kappa shape index (κ3) is 4.12. The Kier molecular flexibility index (Phi) is 5.17. The fraction of sp³-hybridized carbons (Fsp3) is 0.0952. The number of para-hydroxylation sites is 1. The third-order valence-corrected chi connectivity index (χ3v) is 4.19. The monoisotopic (exact) mass is 360 g/mol. The number of nitrogens with one attached hydrogen (secondary N) is 1. The van der Waals surface area contributed by atoms with Crippen molar-refractivity contribution in [2.75, 3.05) is 5.32 Å². The summed E-state index contributed by atoms with van der Waals surface area (Å²) in [5.41, 5.74) is 9.84. The Bertz CT molecular complexity index is 1000. The van der Waals surface area contributed by atoms with Gasteiger partial charge in [0.05, 0.1) is 11.4 Å². The van der Waals surface area contributed by atoms with Crippen LogP contribution in [0.4, 0.5) is 5.69 Å². The number of benzene rings is 2. The largest absolute Gasteiger partial charge is 0.366 e. The van der Waals surface area contributed by atoms with E-state index in [9.17, 15) is 9.59 Å². The third-order valence-electron chi connectivity index (χ3n) is 4.19. The summed E-state index contributed by atoms with van der Waals surface area (Å²) in [6, 6.07) is 16.2. The van der Waals surface area contributed by atoms with Gasteiger partial charge < -0.3 is 11.1 Å². The summed E-state index contributed by atoms with van der Waals surface area (Å²) in [6.07, 6.45) is 3.22. The van der Waals surface area contributed by atoms with Gasteiger partial charge in [0.25, 0.3) is 0 Å². The Morgan fingerprint density at radius 3 is 2.33 bits per heavy atom. The second-order valence-corrected chi connectivity index (χ2v) is 6.10. The molecule has 0 aliphatic rings. The molecule has 1 aromatic heterocycles. The van der Waals surface area contributed by atoms with Crippen molar-refractivity contribution in [2.45, 2.75) is 13.8 Å². The number of hydrogen-bond acceptors (Lipinski definition) is 3. The second-order valence-electron chi connectivity index (χ2n) is 6.10. The second kappa shape index (κ2) is 7.70. The van der Waals surface area contributed by atoms with Crippen LogP contribution in [0.5, 0.6) is 0 Å². The number of aromatic nitrogens is 2. The van der Waals surface area contributed by atoms with E-state index in [-0.39, 0.29) is 5.91 Å². The van der Waals surface area contributed by atoms with E-state index in [1.165, 1.54) is 6.08 Å². The molecule has 2 amide bonds. The van der Waals surface area contributed by atoms with Gasteiger partial charge in [0.2, 0.25) is 11.8 Å². The summed E-state index contributed by atoms with van der Waals surface area (Å²) in [7, 11) is 0. The predicted octanol–water partition coefficient (Wildman–Crippen LogP) is 3.24. The molecule has 3 N–H and O–H groups in total. The summed E-state index contributed by atoms with van der Waals surface area (Å²) < 4.78 is 1.86. The lowest BCUT2D eigenvalue weighted by molar-refractivity contribution is -0.111. The lowest BCUT2D eigenvalue weighted by Crippen LogP contribution is -2.11. The van der Waals surface area contributed by atoms with Crippen LogP contribution >= 0.6 is 0 Å². The number of nitrogens with two attached hydrogens (primary N) is 1. The number of primary amides is 1. The minimum absolute atomic E-state index is 0.270. The Morgan fingerprint density at radius 1 is 1.04 bits per heavy atom. The first kappa shape index (κ1) is 18.1. The van der Waals surface area contributed by atoms with E-state index >= 15 is 0 Å². The summed E-state index contributed by atoms with van der Waals surface area (Å²) in [5, 5.41) is 7.31. The number of hydrogen-bond donors (Lipinski definition) is 2. The van der Waals surface area contributed by atoms with Crippen LogP contribution in [0.3, 0.4) is 0 Å². The maximum absolute atomic E-state index is 12.2. The van der Waals surface area contributed by atoms with Gasteiger partial charge in [0, 0.05) is 28.6 Å². The molecule has 27 heavy (non-hydrogen) atoms. The molecule has 2 aromatic carbocycles. The van der Waals surface area contributed by atoms with Gasteiger partial charge in [-0.25, -0.2) is 4.68 Å². The van der Waals surface area contributed by atoms with Crippen molar-refractivity contribution in [1.29, 1.82) is 0 Å². The van der Waals surface area contributed by atoms with E-state index < -0.39 is 5.91 Å². The first-order chi connectivity index (χ1) is 13.0. The zero-order chi connectivity index (χ0) is 19.4. The van der Waals surface area contributed by atoms with Crippen molar-refractivity contribution < 1.29 is 9.59 Å². The van der Waals surface area contributed by atoms with Crippen molar-refractivity contribution in [3.8, 4) is 5.69 Å². The summed E-state index contributed by atoms with van der Waals surface area (Å²) >= 11 is 0. The van der Waals surface area contributed by atoms with E-state index in [1.807, 2.05) is 48.9 Å². The number of anilines is 1. The zero-order valence-electron chi connectivity index (χ0n) is 15.1. The molecular weight excluding hydrogens is 340 g/mol. The van der Waals surface area contributed by atoms with Gasteiger partial charge in [-0.05, 0) is 56.3 Å². The molecule has 136 valence electrons. The lowest BCUT2D eigenvalue weighted by atomic mass is 10.1. The SMILES string of the molecule is Cc1nn(-c2ccccc2)c(C)c1/C=C/C(=O)Nc1ccc(C(N)=O)cc1. The Hall–Kier alpha value is -3.67. The maximum Gasteiger partial charge on any atom is 0.248 e. The fourth-order valence-electron chi connectivity index (χ4n) is 2.78. The molecule has 1 heterocycles. The van der Waals surface area contributed by atoms with E-state index in [1.54, 1.807) is 30.3 Å². The summed E-state index contributed by atoms with van der Waals surface area (Å²) in [4.78, 5) is 23.3. The van der Waals surface area contributed by atoms with Crippen LogP contribution in [0.25, 0.3) is 11.8 Å². The quantitative estimate of drug-likeness (QED) is 0.685. The molecule has 3 aromatic rings. The average molecular weight is 360 g/mol. The highest BCUT2D eigenvalue weighted by molar-refractivity contribution is 6.02. The van der Waals surface area contributed by atoms with Crippen LogP contribution < -0.4 is 11.1 Å². The van der Waals surface area contributed by atoms with Crippen LogP contribution in [-0.4, -0.2) is 21.6 Å². The predicted molar refractivity (Wildman–Crippen MR) is 106 cm³/mol. The van der Waals surface area contributed by atoms with Crippen molar-refractivity contribution in [3.63, 3.8) is 0 Å². The molecular formula is C21H20N4O2. The summed E-state index contributed by atoms with van der Waals surface area (Å²) in [5.74, 6) is -0.776. The van der Waals surface area contributed by atoms with Crippen LogP contribution in [0, 0.1) is 13.8 Å². The number of amides is 2. The molecule has 0 spiro atoms. The van der Waals surface area contributed by atoms with Crippen LogP contribution in [0.2, 0.25) is 0 Å². The first-order valence-electron chi connectivity index (χ1n) is 8.46. The highest BCUT2D eigenvalue weighted by Gasteiger charge is 2.11. The number of carbonyl (C=O) groups is 2. The molecule has 3 rings (SSSR count). The molecule has 0 unspecified atom stereocenters. The van der Waals surface area contributed by atoms with Gasteiger partial charge in [0.15, 0.2) is 0 Å². The number of aryl methyl sites for hydroxylation is 1. The summed E-state index contributed by atoms with van der Waals surface area (Å²) in [6.45, 7) is 3.87. The maximum atomic E-state index is 12.2. The van der Waals surface area contributed by atoms with Crippen molar-refractivity contribution >= 4 is 23.6 Å². The number of carbonyl (C=O) groups excluding carboxylic acids is 2. The standard InChI is InChI=1S/C21H20N4O2/c1-14-19(15(2)25(24-14)18-6-4-3-5-7-18)12-13-20(26)23-17-10-8-16(9-11-17)21(22)27/h3-13H,1-2H3,(H2,22,27)(H,23,26)/b13-12+.